The van der Waals surface area contributed by atoms with Crippen molar-refractivity contribution >= 4 is 33.3 Å². The molecule has 1 heterocycles. The third-order valence-electron chi connectivity index (χ3n) is 2.64. The Kier molecular flexibility index (Phi) is 6.85. The number of nitrogens with zero attached hydrogens (tertiary/aromatic N) is 1. The number of halogens is 2. The van der Waals surface area contributed by atoms with Gasteiger partial charge in [-0.2, -0.15) is 0 Å². The Labute approximate surface area is 116 Å². The average Bonchev–Trinajstić information content (AvgIpc) is 2.28. The van der Waals surface area contributed by atoms with Crippen LogP contribution in [0, 0.1) is 5.92 Å². The highest BCUT2D eigenvalue weighted by Crippen LogP contribution is 2.23. The number of anilines is 1. The molecule has 0 fully saturated rings. The fraction of sp³-hybridized carbons (Fsp3) is 0.583. The van der Waals surface area contributed by atoms with Crippen molar-refractivity contribution in [2.45, 2.75) is 26.2 Å². The molecule has 1 unspecified atom stereocenters. The van der Waals surface area contributed by atoms with Gasteiger partial charge in [-0.05, 0) is 47.3 Å². The molecule has 3 N–H and O–H groups in total. The molecule has 0 aliphatic heterocycles. The number of nitrogens with one attached hydrogen (secondary N) is 1. The first-order valence-electron chi connectivity index (χ1n) is 5.92. The van der Waals surface area contributed by atoms with E-state index in [0.717, 1.165) is 29.8 Å². The topological polar surface area (TPSA) is 50.9 Å². The predicted octanol–water partition coefficient (Wildman–Crippen LogP) is 3.67. The first-order valence-corrected chi connectivity index (χ1v) is 7.09. The number of hydrogen-bond donors (Lipinski definition) is 2. The van der Waals surface area contributed by atoms with Crippen molar-refractivity contribution < 1.29 is 0 Å². The highest BCUT2D eigenvalue weighted by Gasteiger charge is 2.08. The average molecular weight is 321 g/mol. The summed E-state index contributed by atoms with van der Waals surface area (Å²) in [5.41, 5.74) is 5.61. The summed E-state index contributed by atoms with van der Waals surface area (Å²) in [6.45, 7) is 3.83. The van der Waals surface area contributed by atoms with Crippen LogP contribution >= 0.6 is 27.5 Å². The molecule has 0 aliphatic rings. The predicted molar refractivity (Wildman–Crippen MR) is 77.5 cm³/mol. The summed E-state index contributed by atoms with van der Waals surface area (Å²) in [6, 6.07) is 1.84. The largest absolute Gasteiger partial charge is 0.369 e. The summed E-state index contributed by atoms with van der Waals surface area (Å²) in [4.78, 5) is 4.25. The van der Waals surface area contributed by atoms with Gasteiger partial charge in [0.15, 0.2) is 0 Å². The Balaban J connectivity index is 2.52. The van der Waals surface area contributed by atoms with Gasteiger partial charge in [-0.1, -0.05) is 24.9 Å². The molecule has 0 aliphatic carbocycles. The maximum absolute atomic E-state index is 5.84. The normalized spacial score (nSPS) is 12.5. The number of nitrogens with two attached hydrogens (primary N) is 1. The number of rotatable bonds is 7. The fourth-order valence-electron chi connectivity index (χ4n) is 1.78. The van der Waals surface area contributed by atoms with Crippen LogP contribution in [0.25, 0.3) is 0 Å². The van der Waals surface area contributed by atoms with E-state index in [9.17, 15) is 0 Å². The van der Waals surface area contributed by atoms with Gasteiger partial charge >= 0.3 is 0 Å². The number of pyridine rings is 1. The fourth-order valence-corrected chi connectivity index (χ4v) is 2.56. The molecule has 3 nitrogen and oxygen atoms in total. The van der Waals surface area contributed by atoms with E-state index in [1.807, 2.05) is 6.07 Å². The minimum Gasteiger partial charge on any atom is -0.369 e. The van der Waals surface area contributed by atoms with E-state index < -0.39 is 0 Å². The van der Waals surface area contributed by atoms with Gasteiger partial charge in [-0.25, -0.2) is 4.98 Å². The molecule has 1 atom stereocenters. The molecule has 0 amide bonds. The van der Waals surface area contributed by atoms with Gasteiger partial charge in [0.2, 0.25) is 0 Å². The zero-order valence-corrected chi connectivity index (χ0v) is 12.4. The highest BCUT2D eigenvalue weighted by molar-refractivity contribution is 9.10. The number of hydrogen-bond acceptors (Lipinski definition) is 3. The monoisotopic (exact) mass is 319 g/mol. The summed E-state index contributed by atoms with van der Waals surface area (Å²) in [7, 11) is 0. The van der Waals surface area contributed by atoms with E-state index in [4.69, 9.17) is 17.3 Å². The summed E-state index contributed by atoms with van der Waals surface area (Å²) in [6.07, 6.45) is 5.06. The Morgan fingerprint density at radius 1 is 1.53 bits per heavy atom. The van der Waals surface area contributed by atoms with Crippen LogP contribution in [0.4, 0.5) is 5.82 Å². The third-order valence-corrected chi connectivity index (χ3v) is 3.45. The van der Waals surface area contributed by atoms with Crippen molar-refractivity contribution in [1.29, 1.82) is 0 Å². The van der Waals surface area contributed by atoms with Crippen LogP contribution in [0.5, 0.6) is 0 Å². The molecule has 0 saturated heterocycles. The van der Waals surface area contributed by atoms with Crippen LogP contribution < -0.4 is 11.1 Å². The van der Waals surface area contributed by atoms with Gasteiger partial charge in [-0.15, -0.1) is 0 Å². The first-order chi connectivity index (χ1) is 8.17. The van der Waals surface area contributed by atoms with Crippen LogP contribution in [0.3, 0.4) is 0 Å². The van der Waals surface area contributed by atoms with Crippen LogP contribution in [-0.4, -0.2) is 18.1 Å². The lowest BCUT2D eigenvalue weighted by Crippen LogP contribution is -2.18. The van der Waals surface area contributed by atoms with Gasteiger partial charge in [0.05, 0.1) is 9.50 Å². The van der Waals surface area contributed by atoms with Gasteiger partial charge < -0.3 is 11.1 Å². The SMILES string of the molecule is CCCC(CCN)CNc1ncc(Cl)cc1Br. The standard InChI is InChI=1S/C12H19BrClN3/c1-2-3-9(4-5-15)7-16-12-11(13)6-10(14)8-17-12/h6,8-9H,2-5,7,15H2,1H3,(H,16,17). The summed E-state index contributed by atoms with van der Waals surface area (Å²) >= 11 is 9.28. The summed E-state index contributed by atoms with van der Waals surface area (Å²) in [5, 5.41) is 3.97. The van der Waals surface area contributed by atoms with E-state index in [1.54, 1.807) is 6.20 Å². The molecule has 0 radical (unpaired) electrons. The van der Waals surface area contributed by atoms with Crippen LogP contribution in [0.15, 0.2) is 16.7 Å². The van der Waals surface area contributed by atoms with Gasteiger partial charge in [-0.3, -0.25) is 0 Å². The molecule has 96 valence electrons. The Hall–Kier alpha value is -0.320. The second-order valence-corrected chi connectivity index (χ2v) is 5.39. The minimum absolute atomic E-state index is 0.606. The molecule has 1 aromatic heterocycles. The van der Waals surface area contributed by atoms with Gasteiger partial charge in [0, 0.05) is 12.7 Å². The first kappa shape index (κ1) is 14.7. The van der Waals surface area contributed by atoms with E-state index >= 15 is 0 Å². The van der Waals surface area contributed by atoms with Gasteiger partial charge in [0.25, 0.3) is 0 Å². The lowest BCUT2D eigenvalue weighted by atomic mass is 10.00. The lowest BCUT2D eigenvalue weighted by Gasteiger charge is -2.16. The molecule has 1 rings (SSSR count). The second-order valence-electron chi connectivity index (χ2n) is 4.10. The van der Waals surface area contributed by atoms with E-state index in [1.165, 1.54) is 12.8 Å². The molecule has 0 bridgehead atoms. The summed E-state index contributed by atoms with van der Waals surface area (Å²) < 4.78 is 0.896. The second kappa shape index (κ2) is 7.90. The van der Waals surface area contributed by atoms with Crippen LogP contribution in [0.1, 0.15) is 26.2 Å². The highest BCUT2D eigenvalue weighted by atomic mass is 79.9. The zero-order valence-electron chi connectivity index (χ0n) is 10.0. The van der Waals surface area contributed by atoms with Crippen molar-refractivity contribution in [2.24, 2.45) is 11.7 Å². The van der Waals surface area contributed by atoms with Crippen molar-refractivity contribution in [3.05, 3.63) is 21.8 Å². The van der Waals surface area contributed by atoms with Crippen molar-refractivity contribution in [3.8, 4) is 0 Å². The number of aromatic nitrogens is 1. The maximum Gasteiger partial charge on any atom is 0.140 e. The lowest BCUT2D eigenvalue weighted by molar-refractivity contribution is 0.473. The molecular weight excluding hydrogens is 302 g/mol. The maximum atomic E-state index is 5.84. The Morgan fingerprint density at radius 3 is 2.88 bits per heavy atom. The van der Waals surface area contributed by atoms with E-state index in [2.05, 4.69) is 33.2 Å². The van der Waals surface area contributed by atoms with Crippen LogP contribution in [0.2, 0.25) is 5.02 Å². The molecule has 5 heteroatoms. The Morgan fingerprint density at radius 2 is 2.29 bits per heavy atom. The van der Waals surface area contributed by atoms with Crippen molar-refractivity contribution in [2.75, 3.05) is 18.4 Å². The third kappa shape index (κ3) is 5.23. The molecule has 0 spiro atoms. The van der Waals surface area contributed by atoms with Gasteiger partial charge in [0.1, 0.15) is 5.82 Å². The Bertz CT molecular complexity index is 341. The molecule has 17 heavy (non-hydrogen) atoms. The minimum atomic E-state index is 0.606. The van der Waals surface area contributed by atoms with E-state index in [-0.39, 0.29) is 0 Å². The van der Waals surface area contributed by atoms with Crippen molar-refractivity contribution in [3.63, 3.8) is 0 Å². The smallest absolute Gasteiger partial charge is 0.140 e. The summed E-state index contributed by atoms with van der Waals surface area (Å²) in [5.74, 6) is 1.45. The molecular formula is C12H19BrClN3. The molecule has 0 saturated carbocycles. The van der Waals surface area contributed by atoms with Crippen LogP contribution in [-0.2, 0) is 0 Å². The quantitative estimate of drug-likeness (QED) is 0.806. The molecule has 1 aromatic rings. The zero-order chi connectivity index (χ0) is 12.7. The van der Waals surface area contributed by atoms with Crippen molar-refractivity contribution in [1.82, 2.24) is 4.98 Å². The van der Waals surface area contributed by atoms with E-state index in [0.29, 0.717) is 10.9 Å². The molecule has 0 aromatic carbocycles.